The van der Waals surface area contributed by atoms with Gasteiger partial charge in [0.2, 0.25) is 0 Å². The van der Waals surface area contributed by atoms with Gasteiger partial charge in [0.15, 0.2) is 5.11 Å². The second-order valence-corrected chi connectivity index (χ2v) is 5.25. The normalized spacial score (nSPS) is 9.83. The van der Waals surface area contributed by atoms with Crippen LogP contribution in [-0.2, 0) is 4.74 Å². The SMILES string of the molecule is COC(=O)c1ccc(NC(=S)NC(=O)c2ccc(C)cc2)cc1. The maximum Gasteiger partial charge on any atom is 0.337 e. The van der Waals surface area contributed by atoms with Crippen LogP contribution in [0.2, 0.25) is 0 Å². The van der Waals surface area contributed by atoms with Gasteiger partial charge in [-0.1, -0.05) is 17.7 Å². The van der Waals surface area contributed by atoms with Crippen LogP contribution in [0.4, 0.5) is 5.69 Å². The number of aryl methyl sites for hydroxylation is 1. The van der Waals surface area contributed by atoms with Crippen molar-refractivity contribution in [3.63, 3.8) is 0 Å². The zero-order valence-corrected chi connectivity index (χ0v) is 13.6. The van der Waals surface area contributed by atoms with Crippen LogP contribution in [0.15, 0.2) is 48.5 Å². The van der Waals surface area contributed by atoms with E-state index in [4.69, 9.17) is 12.2 Å². The van der Waals surface area contributed by atoms with Gasteiger partial charge in [0.05, 0.1) is 12.7 Å². The molecule has 0 radical (unpaired) electrons. The molecule has 0 aliphatic rings. The van der Waals surface area contributed by atoms with E-state index < -0.39 is 5.97 Å². The summed E-state index contributed by atoms with van der Waals surface area (Å²) >= 11 is 5.11. The van der Waals surface area contributed by atoms with E-state index in [-0.39, 0.29) is 11.0 Å². The van der Waals surface area contributed by atoms with Gasteiger partial charge in [0, 0.05) is 11.3 Å². The zero-order chi connectivity index (χ0) is 16.8. The summed E-state index contributed by atoms with van der Waals surface area (Å²) in [5.74, 6) is -0.694. The van der Waals surface area contributed by atoms with E-state index in [2.05, 4.69) is 15.4 Å². The standard InChI is InChI=1S/C17H16N2O3S/c1-11-3-5-12(6-4-11)15(20)19-17(23)18-14-9-7-13(8-10-14)16(21)22-2/h3-10H,1-2H3,(H2,18,19,20,23). The third kappa shape index (κ3) is 4.62. The maximum absolute atomic E-state index is 12.0. The number of carbonyl (C=O) groups is 2. The average Bonchev–Trinajstić information content (AvgIpc) is 2.55. The molecule has 0 atom stereocenters. The number of hydrogen-bond donors (Lipinski definition) is 2. The minimum atomic E-state index is -0.410. The number of nitrogens with one attached hydrogen (secondary N) is 2. The van der Waals surface area contributed by atoms with E-state index >= 15 is 0 Å². The summed E-state index contributed by atoms with van der Waals surface area (Å²) in [6, 6.07) is 13.8. The van der Waals surface area contributed by atoms with E-state index in [1.54, 1.807) is 36.4 Å². The second kappa shape index (κ2) is 7.51. The molecule has 0 bridgehead atoms. The lowest BCUT2D eigenvalue weighted by molar-refractivity contribution is 0.0600. The molecular weight excluding hydrogens is 312 g/mol. The summed E-state index contributed by atoms with van der Waals surface area (Å²) in [4.78, 5) is 23.4. The Hall–Kier alpha value is -2.73. The van der Waals surface area contributed by atoms with Crippen LogP contribution in [0.25, 0.3) is 0 Å². The van der Waals surface area contributed by atoms with E-state index in [1.165, 1.54) is 7.11 Å². The van der Waals surface area contributed by atoms with E-state index in [0.717, 1.165) is 5.56 Å². The van der Waals surface area contributed by atoms with Crippen LogP contribution in [0.1, 0.15) is 26.3 Å². The minimum absolute atomic E-state index is 0.182. The van der Waals surface area contributed by atoms with Gasteiger partial charge in [-0.15, -0.1) is 0 Å². The first-order chi connectivity index (χ1) is 11.0. The molecule has 2 N–H and O–H groups in total. The van der Waals surface area contributed by atoms with Gasteiger partial charge in [0.25, 0.3) is 5.91 Å². The molecule has 0 aliphatic heterocycles. The molecular formula is C17H16N2O3S. The number of amides is 1. The van der Waals surface area contributed by atoms with Crippen molar-refractivity contribution in [1.82, 2.24) is 5.32 Å². The number of thiocarbonyl (C=S) groups is 1. The lowest BCUT2D eigenvalue weighted by Gasteiger charge is -2.10. The van der Waals surface area contributed by atoms with E-state index in [1.807, 2.05) is 19.1 Å². The van der Waals surface area contributed by atoms with Gasteiger partial charge >= 0.3 is 5.97 Å². The maximum atomic E-state index is 12.0. The van der Waals surface area contributed by atoms with Crippen molar-refractivity contribution >= 4 is 34.9 Å². The smallest absolute Gasteiger partial charge is 0.337 e. The molecule has 0 saturated heterocycles. The largest absolute Gasteiger partial charge is 0.465 e. The molecule has 118 valence electrons. The Morgan fingerprint density at radius 1 is 0.957 bits per heavy atom. The van der Waals surface area contributed by atoms with Crippen molar-refractivity contribution in [2.75, 3.05) is 12.4 Å². The molecule has 2 rings (SSSR count). The number of anilines is 1. The average molecular weight is 328 g/mol. The first kappa shape index (κ1) is 16.6. The molecule has 0 saturated carbocycles. The molecule has 2 aromatic carbocycles. The van der Waals surface area contributed by atoms with Gasteiger partial charge in [0.1, 0.15) is 0 Å². The Morgan fingerprint density at radius 2 is 1.52 bits per heavy atom. The number of benzene rings is 2. The first-order valence-corrected chi connectivity index (χ1v) is 7.28. The van der Waals surface area contributed by atoms with E-state index in [0.29, 0.717) is 16.8 Å². The third-order valence-corrected chi connectivity index (χ3v) is 3.31. The molecule has 23 heavy (non-hydrogen) atoms. The lowest BCUT2D eigenvalue weighted by Crippen LogP contribution is -2.34. The molecule has 0 aliphatic carbocycles. The summed E-state index contributed by atoms with van der Waals surface area (Å²) in [5.41, 5.74) is 2.70. The Bertz CT molecular complexity index is 725. The number of ether oxygens (including phenoxy) is 1. The van der Waals surface area contributed by atoms with Gasteiger partial charge in [-0.25, -0.2) is 4.79 Å². The van der Waals surface area contributed by atoms with Crippen LogP contribution in [-0.4, -0.2) is 24.1 Å². The molecule has 0 spiro atoms. The highest BCUT2D eigenvalue weighted by molar-refractivity contribution is 7.80. The number of carbonyl (C=O) groups excluding carboxylic acids is 2. The van der Waals surface area contributed by atoms with Crippen molar-refractivity contribution in [2.45, 2.75) is 6.92 Å². The minimum Gasteiger partial charge on any atom is -0.465 e. The quantitative estimate of drug-likeness (QED) is 0.670. The highest BCUT2D eigenvalue weighted by atomic mass is 32.1. The van der Waals surface area contributed by atoms with Crippen molar-refractivity contribution in [3.8, 4) is 0 Å². The van der Waals surface area contributed by atoms with E-state index in [9.17, 15) is 9.59 Å². The summed E-state index contributed by atoms with van der Waals surface area (Å²) < 4.78 is 4.63. The summed E-state index contributed by atoms with van der Waals surface area (Å²) in [6.45, 7) is 1.95. The number of methoxy groups -OCH3 is 1. The monoisotopic (exact) mass is 328 g/mol. The van der Waals surface area contributed by atoms with Crippen LogP contribution >= 0.6 is 12.2 Å². The molecule has 0 heterocycles. The van der Waals surface area contributed by atoms with Crippen molar-refractivity contribution in [1.29, 1.82) is 0 Å². The molecule has 2 aromatic rings. The van der Waals surface area contributed by atoms with Gasteiger partial charge in [-0.05, 0) is 55.5 Å². The van der Waals surface area contributed by atoms with Crippen LogP contribution in [0.5, 0.6) is 0 Å². The van der Waals surface area contributed by atoms with Gasteiger partial charge in [-0.2, -0.15) is 0 Å². The van der Waals surface area contributed by atoms with Crippen LogP contribution < -0.4 is 10.6 Å². The summed E-state index contributed by atoms with van der Waals surface area (Å²) in [6.07, 6.45) is 0. The fourth-order valence-corrected chi connectivity index (χ4v) is 2.06. The number of hydrogen-bond acceptors (Lipinski definition) is 4. The molecule has 0 aromatic heterocycles. The molecule has 0 fully saturated rings. The fourth-order valence-electron chi connectivity index (χ4n) is 1.85. The number of esters is 1. The van der Waals surface area contributed by atoms with Gasteiger partial charge < -0.3 is 10.1 Å². The van der Waals surface area contributed by atoms with Crippen molar-refractivity contribution < 1.29 is 14.3 Å². The fraction of sp³-hybridized carbons (Fsp3) is 0.118. The zero-order valence-electron chi connectivity index (χ0n) is 12.8. The number of rotatable bonds is 3. The lowest BCUT2D eigenvalue weighted by atomic mass is 10.1. The Labute approximate surface area is 139 Å². The molecule has 5 nitrogen and oxygen atoms in total. The first-order valence-electron chi connectivity index (χ1n) is 6.87. The molecule has 0 unspecified atom stereocenters. The predicted molar refractivity (Wildman–Crippen MR) is 92.6 cm³/mol. The van der Waals surface area contributed by atoms with Crippen LogP contribution in [0, 0.1) is 6.92 Å². The van der Waals surface area contributed by atoms with Gasteiger partial charge in [-0.3, -0.25) is 10.1 Å². The van der Waals surface area contributed by atoms with Crippen molar-refractivity contribution in [2.24, 2.45) is 0 Å². The van der Waals surface area contributed by atoms with Crippen LogP contribution in [0.3, 0.4) is 0 Å². The highest BCUT2D eigenvalue weighted by Crippen LogP contribution is 2.10. The Kier molecular flexibility index (Phi) is 5.43. The second-order valence-electron chi connectivity index (χ2n) is 4.84. The predicted octanol–water partition coefficient (Wildman–Crippen LogP) is 2.91. The molecule has 1 amide bonds. The highest BCUT2D eigenvalue weighted by Gasteiger charge is 2.08. The Balaban J connectivity index is 1.95. The Morgan fingerprint density at radius 3 is 2.09 bits per heavy atom. The summed E-state index contributed by atoms with van der Waals surface area (Å²) in [7, 11) is 1.32. The van der Waals surface area contributed by atoms with Crippen molar-refractivity contribution in [3.05, 3.63) is 65.2 Å². The molecule has 6 heteroatoms. The summed E-state index contributed by atoms with van der Waals surface area (Å²) in [5, 5.41) is 5.67. The topological polar surface area (TPSA) is 67.4 Å². The third-order valence-electron chi connectivity index (χ3n) is 3.10.